The summed E-state index contributed by atoms with van der Waals surface area (Å²) in [6, 6.07) is 0.355. The van der Waals surface area contributed by atoms with Crippen molar-refractivity contribution < 1.29 is 0 Å². The van der Waals surface area contributed by atoms with Crippen LogP contribution in [0.3, 0.4) is 0 Å². The molecule has 1 unspecified atom stereocenters. The average molecular weight is 211 g/mol. The predicted molar refractivity (Wildman–Crippen MR) is 67.5 cm³/mol. The summed E-state index contributed by atoms with van der Waals surface area (Å²) in [6.07, 6.45) is 4.12. The van der Waals surface area contributed by atoms with Crippen molar-refractivity contribution in [3.8, 4) is 0 Å². The predicted octanol–water partition coefficient (Wildman–Crippen LogP) is 2.94. The van der Waals surface area contributed by atoms with E-state index in [-0.39, 0.29) is 5.41 Å². The minimum absolute atomic E-state index is 0.0190. The first-order valence-electron chi connectivity index (χ1n) is 5.55. The van der Waals surface area contributed by atoms with Gasteiger partial charge in [0.1, 0.15) is 0 Å². The van der Waals surface area contributed by atoms with E-state index >= 15 is 0 Å². The van der Waals surface area contributed by atoms with Crippen LogP contribution in [0.25, 0.3) is 0 Å². The molecule has 0 aromatic carbocycles. The van der Waals surface area contributed by atoms with Gasteiger partial charge in [-0.1, -0.05) is 34.1 Å². The van der Waals surface area contributed by atoms with E-state index in [1.165, 1.54) is 0 Å². The van der Waals surface area contributed by atoms with Crippen molar-refractivity contribution in [1.82, 2.24) is 5.01 Å². The summed E-state index contributed by atoms with van der Waals surface area (Å²) in [4.78, 5) is 0. The Kier molecular flexibility index (Phi) is 5.40. The standard InChI is InChI=1S/C12H25N3/c1-7-8-10(2)15(14-6)9-11(13)12(3,4)5/h9-10H,6-8,13H2,1-5H3/b11-9-. The van der Waals surface area contributed by atoms with E-state index in [0.717, 1.165) is 18.5 Å². The average Bonchev–Trinajstić information content (AvgIpc) is 2.12. The zero-order valence-corrected chi connectivity index (χ0v) is 10.7. The van der Waals surface area contributed by atoms with Gasteiger partial charge in [-0.25, -0.2) is 0 Å². The third-order valence-corrected chi connectivity index (χ3v) is 2.46. The lowest BCUT2D eigenvalue weighted by molar-refractivity contribution is 0.285. The number of hydrogen-bond acceptors (Lipinski definition) is 3. The summed E-state index contributed by atoms with van der Waals surface area (Å²) in [7, 11) is 0. The summed E-state index contributed by atoms with van der Waals surface area (Å²) in [5.41, 5.74) is 6.81. The van der Waals surface area contributed by atoms with Gasteiger partial charge < -0.3 is 5.73 Å². The Morgan fingerprint density at radius 1 is 1.53 bits per heavy atom. The molecule has 0 radical (unpaired) electrons. The first-order chi connectivity index (χ1) is 6.82. The molecule has 0 fully saturated rings. The van der Waals surface area contributed by atoms with Gasteiger partial charge in [0.05, 0.1) is 0 Å². The lowest BCUT2D eigenvalue weighted by Gasteiger charge is -2.26. The van der Waals surface area contributed by atoms with Crippen LogP contribution in [-0.2, 0) is 0 Å². The molecule has 0 heterocycles. The number of hydrazone groups is 1. The van der Waals surface area contributed by atoms with Gasteiger partial charge in [0.25, 0.3) is 0 Å². The minimum Gasteiger partial charge on any atom is -0.400 e. The Hall–Kier alpha value is -0.990. The van der Waals surface area contributed by atoms with Gasteiger partial charge in [0.15, 0.2) is 0 Å². The first kappa shape index (κ1) is 14.0. The topological polar surface area (TPSA) is 41.6 Å². The molecule has 0 amide bonds. The second-order valence-corrected chi connectivity index (χ2v) is 4.99. The number of nitrogens with zero attached hydrogens (tertiary/aromatic N) is 2. The monoisotopic (exact) mass is 211 g/mol. The van der Waals surface area contributed by atoms with Crippen LogP contribution in [0.15, 0.2) is 17.0 Å². The maximum Gasteiger partial charge on any atom is 0.0491 e. The molecule has 0 rings (SSSR count). The summed E-state index contributed by atoms with van der Waals surface area (Å²) >= 11 is 0. The summed E-state index contributed by atoms with van der Waals surface area (Å²) in [5, 5.41) is 5.84. The second kappa shape index (κ2) is 5.79. The van der Waals surface area contributed by atoms with Gasteiger partial charge in [-0.2, -0.15) is 5.10 Å². The molecule has 0 spiro atoms. The Morgan fingerprint density at radius 3 is 2.40 bits per heavy atom. The van der Waals surface area contributed by atoms with Crippen LogP contribution in [0, 0.1) is 5.41 Å². The van der Waals surface area contributed by atoms with Crippen molar-refractivity contribution in [2.24, 2.45) is 16.3 Å². The molecule has 2 N–H and O–H groups in total. The van der Waals surface area contributed by atoms with E-state index in [9.17, 15) is 0 Å². The highest BCUT2D eigenvalue weighted by Crippen LogP contribution is 2.22. The van der Waals surface area contributed by atoms with Crippen molar-refractivity contribution in [3.05, 3.63) is 11.9 Å². The second-order valence-electron chi connectivity index (χ2n) is 4.99. The Morgan fingerprint density at radius 2 is 2.07 bits per heavy atom. The molecule has 1 atom stereocenters. The van der Waals surface area contributed by atoms with Gasteiger partial charge in [-0.3, -0.25) is 5.01 Å². The summed E-state index contributed by atoms with van der Waals surface area (Å²) in [6.45, 7) is 14.1. The van der Waals surface area contributed by atoms with E-state index in [1.54, 1.807) is 0 Å². The summed E-state index contributed by atoms with van der Waals surface area (Å²) < 4.78 is 0. The molecular weight excluding hydrogens is 186 g/mol. The van der Waals surface area contributed by atoms with Crippen molar-refractivity contribution >= 4 is 6.72 Å². The molecule has 0 aromatic rings. The van der Waals surface area contributed by atoms with Crippen LogP contribution in [0.5, 0.6) is 0 Å². The molecule has 0 saturated heterocycles. The fourth-order valence-corrected chi connectivity index (χ4v) is 1.19. The fraction of sp³-hybridized carbons (Fsp3) is 0.750. The fourth-order valence-electron chi connectivity index (χ4n) is 1.19. The molecule has 0 aliphatic carbocycles. The van der Waals surface area contributed by atoms with Gasteiger partial charge in [-0.15, -0.1) is 0 Å². The molecule has 0 bridgehead atoms. The molecule has 15 heavy (non-hydrogen) atoms. The molecule has 0 aromatic heterocycles. The van der Waals surface area contributed by atoms with Crippen LogP contribution < -0.4 is 5.73 Å². The number of allylic oxidation sites excluding steroid dienone is 1. The zero-order valence-electron chi connectivity index (χ0n) is 10.7. The quantitative estimate of drug-likeness (QED) is 0.561. The maximum atomic E-state index is 5.99. The number of hydrogen-bond donors (Lipinski definition) is 1. The zero-order chi connectivity index (χ0) is 12.1. The van der Waals surface area contributed by atoms with Gasteiger partial charge in [-0.05, 0) is 13.3 Å². The highest BCUT2D eigenvalue weighted by Gasteiger charge is 2.16. The highest BCUT2D eigenvalue weighted by molar-refractivity contribution is 5.23. The van der Waals surface area contributed by atoms with E-state index in [2.05, 4.69) is 46.4 Å². The Bertz CT molecular complexity index is 226. The molecule has 3 heteroatoms. The van der Waals surface area contributed by atoms with Crippen molar-refractivity contribution in [1.29, 1.82) is 0 Å². The van der Waals surface area contributed by atoms with Crippen LogP contribution in [0.4, 0.5) is 0 Å². The van der Waals surface area contributed by atoms with Crippen LogP contribution in [0.1, 0.15) is 47.5 Å². The third-order valence-electron chi connectivity index (χ3n) is 2.46. The molecule has 0 aliphatic rings. The molecule has 0 aliphatic heterocycles. The van der Waals surface area contributed by atoms with E-state index < -0.39 is 0 Å². The van der Waals surface area contributed by atoms with Crippen molar-refractivity contribution in [2.45, 2.75) is 53.5 Å². The highest BCUT2D eigenvalue weighted by atomic mass is 15.4. The van der Waals surface area contributed by atoms with E-state index in [4.69, 9.17) is 5.73 Å². The lowest BCUT2D eigenvalue weighted by atomic mass is 9.93. The van der Waals surface area contributed by atoms with Gasteiger partial charge >= 0.3 is 0 Å². The maximum absolute atomic E-state index is 5.99. The van der Waals surface area contributed by atoms with E-state index in [0.29, 0.717) is 6.04 Å². The lowest BCUT2D eigenvalue weighted by Crippen LogP contribution is -2.27. The smallest absolute Gasteiger partial charge is 0.0491 e. The van der Waals surface area contributed by atoms with Gasteiger partial charge in [0.2, 0.25) is 0 Å². The summed E-state index contributed by atoms with van der Waals surface area (Å²) in [5.74, 6) is 0. The molecular formula is C12H25N3. The molecule has 88 valence electrons. The van der Waals surface area contributed by atoms with Gasteiger partial charge in [0, 0.05) is 30.1 Å². The van der Waals surface area contributed by atoms with Crippen molar-refractivity contribution in [3.63, 3.8) is 0 Å². The largest absolute Gasteiger partial charge is 0.400 e. The molecule has 0 saturated carbocycles. The van der Waals surface area contributed by atoms with E-state index in [1.807, 2.05) is 11.2 Å². The first-order valence-corrected chi connectivity index (χ1v) is 5.55. The normalized spacial score (nSPS) is 14.9. The Labute approximate surface area is 94.0 Å². The van der Waals surface area contributed by atoms with Crippen LogP contribution in [0.2, 0.25) is 0 Å². The molecule has 3 nitrogen and oxygen atoms in total. The van der Waals surface area contributed by atoms with Crippen molar-refractivity contribution in [2.75, 3.05) is 0 Å². The van der Waals surface area contributed by atoms with Crippen LogP contribution in [-0.4, -0.2) is 17.8 Å². The number of nitrogens with two attached hydrogens (primary N) is 1. The minimum atomic E-state index is -0.0190. The number of rotatable bonds is 5. The van der Waals surface area contributed by atoms with Crippen LogP contribution >= 0.6 is 0 Å². The SMILES string of the molecule is C=NN(/C=C(\N)C(C)(C)C)C(C)CCC. The third kappa shape index (κ3) is 4.86. The Balaban J connectivity index is 4.63.